The quantitative estimate of drug-likeness (QED) is 0.639. The van der Waals surface area contributed by atoms with E-state index in [1.54, 1.807) is 6.07 Å². The molecule has 0 fully saturated rings. The topological polar surface area (TPSA) is 17.3 Å². The first kappa shape index (κ1) is 10.6. The molecule has 2 aromatic heterocycles. The maximum absolute atomic E-state index is 6.00. The van der Waals surface area contributed by atoms with E-state index in [0.717, 1.165) is 16.9 Å². The van der Waals surface area contributed by atoms with Gasteiger partial charge in [0.25, 0.3) is 0 Å². The third-order valence-corrected chi connectivity index (χ3v) is 3.32. The predicted molar refractivity (Wildman–Crippen MR) is 70.6 cm³/mol. The highest BCUT2D eigenvalue weighted by molar-refractivity contribution is 6.42. The zero-order valence-electron chi connectivity index (χ0n) is 8.77. The molecule has 84 valence electrons. The average Bonchev–Trinajstić information content (AvgIpc) is 2.76. The van der Waals surface area contributed by atoms with Crippen LogP contribution in [0.25, 0.3) is 16.9 Å². The average molecular weight is 263 g/mol. The molecule has 0 aliphatic carbocycles. The zero-order chi connectivity index (χ0) is 11.8. The fourth-order valence-electron chi connectivity index (χ4n) is 1.73. The third kappa shape index (κ3) is 1.90. The van der Waals surface area contributed by atoms with Gasteiger partial charge in [-0.2, -0.15) is 0 Å². The molecule has 4 heteroatoms. The molecule has 0 N–H and O–H groups in total. The molecule has 0 amide bonds. The number of benzene rings is 1. The Morgan fingerprint density at radius 3 is 2.65 bits per heavy atom. The van der Waals surface area contributed by atoms with Crippen LogP contribution in [0.1, 0.15) is 0 Å². The standard InChI is InChI=1S/C13H8Cl2N2/c14-10-5-4-9(7-11(10)15)12-8-17-6-2-1-3-13(17)16-12/h1-8H. The Morgan fingerprint density at radius 1 is 1.00 bits per heavy atom. The summed E-state index contributed by atoms with van der Waals surface area (Å²) in [5.74, 6) is 0. The highest BCUT2D eigenvalue weighted by Gasteiger charge is 2.06. The van der Waals surface area contributed by atoms with Crippen LogP contribution < -0.4 is 0 Å². The van der Waals surface area contributed by atoms with E-state index in [2.05, 4.69) is 4.98 Å². The molecule has 0 bridgehead atoms. The Balaban J connectivity index is 2.17. The molecule has 0 unspecified atom stereocenters. The highest BCUT2D eigenvalue weighted by atomic mass is 35.5. The van der Waals surface area contributed by atoms with Crippen LogP contribution in [-0.2, 0) is 0 Å². The molecule has 3 rings (SSSR count). The van der Waals surface area contributed by atoms with Crippen molar-refractivity contribution in [3.05, 3.63) is 58.8 Å². The third-order valence-electron chi connectivity index (χ3n) is 2.58. The van der Waals surface area contributed by atoms with Crippen molar-refractivity contribution >= 4 is 28.8 Å². The number of hydrogen-bond donors (Lipinski definition) is 0. The zero-order valence-corrected chi connectivity index (χ0v) is 10.3. The molecule has 0 radical (unpaired) electrons. The molecule has 0 saturated carbocycles. The van der Waals surface area contributed by atoms with E-state index in [1.165, 1.54) is 0 Å². The molecular weight excluding hydrogens is 255 g/mol. The molecule has 2 nitrogen and oxygen atoms in total. The van der Waals surface area contributed by atoms with Crippen molar-refractivity contribution < 1.29 is 0 Å². The van der Waals surface area contributed by atoms with Crippen LogP contribution in [0.4, 0.5) is 0 Å². The van der Waals surface area contributed by atoms with E-state index >= 15 is 0 Å². The second-order valence-corrected chi connectivity index (χ2v) is 4.54. The summed E-state index contributed by atoms with van der Waals surface area (Å²) in [5.41, 5.74) is 2.76. The van der Waals surface area contributed by atoms with Crippen LogP contribution >= 0.6 is 23.2 Å². The first-order valence-electron chi connectivity index (χ1n) is 5.13. The molecular formula is C13H8Cl2N2. The normalized spacial score (nSPS) is 10.9. The summed E-state index contributed by atoms with van der Waals surface area (Å²) in [7, 11) is 0. The molecule has 17 heavy (non-hydrogen) atoms. The number of hydrogen-bond acceptors (Lipinski definition) is 1. The Bertz CT molecular complexity index is 656. The van der Waals surface area contributed by atoms with Crippen molar-refractivity contribution in [1.82, 2.24) is 9.38 Å². The van der Waals surface area contributed by atoms with Crippen molar-refractivity contribution in [1.29, 1.82) is 0 Å². The van der Waals surface area contributed by atoms with Gasteiger partial charge in [-0.25, -0.2) is 4.98 Å². The van der Waals surface area contributed by atoms with Gasteiger partial charge in [-0.05, 0) is 24.3 Å². The Hall–Kier alpha value is -1.51. The van der Waals surface area contributed by atoms with Gasteiger partial charge in [0.1, 0.15) is 5.65 Å². The number of rotatable bonds is 1. The summed E-state index contributed by atoms with van der Waals surface area (Å²) in [6, 6.07) is 11.4. The lowest BCUT2D eigenvalue weighted by Crippen LogP contribution is -1.77. The summed E-state index contributed by atoms with van der Waals surface area (Å²) in [6.45, 7) is 0. The van der Waals surface area contributed by atoms with Gasteiger partial charge in [0.15, 0.2) is 0 Å². The van der Waals surface area contributed by atoms with Crippen molar-refractivity contribution in [3.63, 3.8) is 0 Å². The number of halogens is 2. The van der Waals surface area contributed by atoms with E-state index in [0.29, 0.717) is 10.0 Å². The molecule has 2 heterocycles. The van der Waals surface area contributed by atoms with Gasteiger partial charge in [0, 0.05) is 18.0 Å². The minimum atomic E-state index is 0.543. The van der Waals surface area contributed by atoms with Crippen molar-refractivity contribution in [2.24, 2.45) is 0 Å². The van der Waals surface area contributed by atoms with Gasteiger partial charge < -0.3 is 4.40 Å². The summed E-state index contributed by atoms with van der Waals surface area (Å²) in [5, 5.41) is 1.10. The van der Waals surface area contributed by atoms with E-state index in [1.807, 2.05) is 47.1 Å². The molecule has 0 spiro atoms. The summed E-state index contributed by atoms with van der Waals surface area (Å²) < 4.78 is 1.97. The largest absolute Gasteiger partial charge is 0.306 e. The van der Waals surface area contributed by atoms with E-state index in [-0.39, 0.29) is 0 Å². The fraction of sp³-hybridized carbons (Fsp3) is 0. The molecule has 0 atom stereocenters. The molecule has 0 aliphatic rings. The van der Waals surface area contributed by atoms with Gasteiger partial charge >= 0.3 is 0 Å². The second-order valence-electron chi connectivity index (χ2n) is 3.72. The maximum atomic E-state index is 6.00. The number of aromatic nitrogens is 2. The monoisotopic (exact) mass is 262 g/mol. The molecule has 1 aromatic carbocycles. The lowest BCUT2D eigenvalue weighted by atomic mass is 10.2. The number of fused-ring (bicyclic) bond motifs is 1. The lowest BCUT2D eigenvalue weighted by Gasteiger charge is -1.98. The first-order valence-corrected chi connectivity index (χ1v) is 5.89. The van der Waals surface area contributed by atoms with Gasteiger partial charge in [0.2, 0.25) is 0 Å². The number of pyridine rings is 1. The van der Waals surface area contributed by atoms with Crippen LogP contribution in [0.5, 0.6) is 0 Å². The molecule has 3 aromatic rings. The van der Waals surface area contributed by atoms with Crippen LogP contribution in [0, 0.1) is 0 Å². The van der Waals surface area contributed by atoms with E-state index in [4.69, 9.17) is 23.2 Å². The van der Waals surface area contributed by atoms with Crippen LogP contribution in [0.3, 0.4) is 0 Å². The maximum Gasteiger partial charge on any atom is 0.137 e. The van der Waals surface area contributed by atoms with E-state index in [9.17, 15) is 0 Å². The first-order chi connectivity index (χ1) is 8.24. The SMILES string of the molecule is Clc1ccc(-c2cn3ccccc3n2)cc1Cl. The summed E-state index contributed by atoms with van der Waals surface area (Å²) in [6.07, 6.45) is 3.93. The number of imidazole rings is 1. The molecule has 0 aliphatic heterocycles. The van der Waals surface area contributed by atoms with Crippen molar-refractivity contribution in [2.75, 3.05) is 0 Å². The smallest absolute Gasteiger partial charge is 0.137 e. The van der Waals surface area contributed by atoms with Crippen LogP contribution in [0.2, 0.25) is 10.0 Å². The van der Waals surface area contributed by atoms with Gasteiger partial charge in [-0.1, -0.05) is 35.3 Å². The van der Waals surface area contributed by atoms with Crippen LogP contribution in [0.15, 0.2) is 48.8 Å². The summed E-state index contributed by atoms with van der Waals surface area (Å²) in [4.78, 5) is 4.51. The lowest BCUT2D eigenvalue weighted by molar-refractivity contribution is 1.19. The van der Waals surface area contributed by atoms with Crippen molar-refractivity contribution in [3.8, 4) is 11.3 Å². The Morgan fingerprint density at radius 2 is 1.88 bits per heavy atom. The van der Waals surface area contributed by atoms with Crippen LogP contribution in [-0.4, -0.2) is 9.38 Å². The molecule has 0 saturated heterocycles. The van der Waals surface area contributed by atoms with Gasteiger partial charge in [-0.3, -0.25) is 0 Å². The Kier molecular flexibility index (Phi) is 2.54. The highest BCUT2D eigenvalue weighted by Crippen LogP contribution is 2.28. The predicted octanol–water partition coefficient (Wildman–Crippen LogP) is 4.31. The minimum absolute atomic E-state index is 0.543. The fourth-order valence-corrected chi connectivity index (χ4v) is 2.03. The van der Waals surface area contributed by atoms with Gasteiger partial charge in [0.05, 0.1) is 15.7 Å². The van der Waals surface area contributed by atoms with Crippen molar-refractivity contribution in [2.45, 2.75) is 0 Å². The minimum Gasteiger partial charge on any atom is -0.306 e. The second kappa shape index (κ2) is 4.06. The van der Waals surface area contributed by atoms with Gasteiger partial charge in [-0.15, -0.1) is 0 Å². The number of nitrogens with zero attached hydrogens (tertiary/aromatic N) is 2. The summed E-state index contributed by atoms with van der Waals surface area (Å²) >= 11 is 11.9. The van der Waals surface area contributed by atoms with E-state index < -0.39 is 0 Å². The Labute approximate surface area is 108 Å².